The Morgan fingerprint density at radius 3 is 2.54 bits per heavy atom. The van der Waals surface area contributed by atoms with Gasteiger partial charge in [0.25, 0.3) is 0 Å². The predicted molar refractivity (Wildman–Crippen MR) is 96.9 cm³/mol. The Morgan fingerprint density at radius 2 is 1.79 bits per heavy atom. The van der Waals surface area contributed by atoms with Crippen LogP contribution in [-0.2, 0) is 5.75 Å². The Bertz CT molecular complexity index is 895. The van der Waals surface area contributed by atoms with Crippen molar-refractivity contribution in [3.05, 3.63) is 76.1 Å². The van der Waals surface area contributed by atoms with Gasteiger partial charge in [0, 0.05) is 11.4 Å². The molecule has 0 spiro atoms. The molecule has 1 aromatic heterocycles. The number of aryl methyl sites for hydroxylation is 1. The highest BCUT2D eigenvalue weighted by Crippen LogP contribution is 2.20. The van der Waals surface area contributed by atoms with E-state index in [2.05, 4.69) is 15.5 Å². The van der Waals surface area contributed by atoms with Crippen LogP contribution in [0.25, 0.3) is 0 Å². The number of aromatic nitrogens is 3. The Kier molecular flexibility index (Phi) is 4.81. The number of hydrogen-bond donors (Lipinski definition) is 2. The van der Waals surface area contributed by atoms with Crippen molar-refractivity contribution in [3.8, 4) is 0 Å². The van der Waals surface area contributed by atoms with Gasteiger partial charge in [0.05, 0.1) is 0 Å². The van der Waals surface area contributed by atoms with Gasteiger partial charge in [-0.05, 0) is 24.1 Å². The van der Waals surface area contributed by atoms with Crippen molar-refractivity contribution in [1.29, 1.82) is 0 Å². The zero-order chi connectivity index (χ0) is 16.9. The van der Waals surface area contributed by atoms with E-state index in [4.69, 9.17) is 5.84 Å². The summed E-state index contributed by atoms with van der Waals surface area (Å²) in [4.78, 5) is 12.4. The first-order valence-corrected chi connectivity index (χ1v) is 8.38. The normalized spacial score (nSPS) is 10.5. The van der Waals surface area contributed by atoms with Crippen molar-refractivity contribution in [3.63, 3.8) is 0 Å². The molecule has 0 bridgehead atoms. The number of nitrogens with two attached hydrogens (primary N) is 1. The van der Waals surface area contributed by atoms with Crippen LogP contribution in [0.5, 0.6) is 0 Å². The topological polar surface area (TPSA) is 85.8 Å². The number of nitrogens with one attached hydrogen (secondary N) is 1. The number of rotatable bonds is 5. The minimum absolute atomic E-state index is 0.107. The summed E-state index contributed by atoms with van der Waals surface area (Å²) in [6.07, 6.45) is 0. The monoisotopic (exact) mass is 339 g/mol. The van der Waals surface area contributed by atoms with E-state index < -0.39 is 5.56 Å². The molecule has 0 saturated heterocycles. The minimum Gasteiger partial charge on any atom is -0.334 e. The molecule has 0 amide bonds. The van der Waals surface area contributed by atoms with Gasteiger partial charge in [-0.2, -0.15) is 4.68 Å². The van der Waals surface area contributed by atoms with E-state index in [1.165, 1.54) is 11.8 Å². The third-order valence-corrected chi connectivity index (χ3v) is 4.49. The minimum atomic E-state index is -0.413. The Morgan fingerprint density at radius 1 is 1.08 bits per heavy atom. The van der Waals surface area contributed by atoms with Gasteiger partial charge in [0.2, 0.25) is 11.0 Å². The fraction of sp³-hybridized carbons (Fsp3) is 0.118. The van der Waals surface area contributed by atoms with Crippen LogP contribution in [0.3, 0.4) is 0 Å². The number of hydrogen-bond acceptors (Lipinski definition) is 6. The number of anilines is 2. The van der Waals surface area contributed by atoms with Crippen molar-refractivity contribution >= 4 is 23.3 Å². The summed E-state index contributed by atoms with van der Waals surface area (Å²) >= 11 is 1.37. The highest BCUT2D eigenvalue weighted by molar-refractivity contribution is 7.98. The molecule has 0 unspecified atom stereocenters. The predicted octanol–water partition coefficient (Wildman–Crippen LogP) is 2.70. The molecule has 3 aromatic rings. The van der Waals surface area contributed by atoms with Crippen LogP contribution in [-0.4, -0.2) is 14.9 Å². The molecule has 0 saturated carbocycles. The summed E-state index contributed by atoms with van der Waals surface area (Å²) in [6.45, 7) is 1.95. The van der Waals surface area contributed by atoms with Crippen molar-refractivity contribution in [2.24, 2.45) is 0 Å². The molecule has 0 fully saturated rings. The molecular weight excluding hydrogens is 322 g/mol. The van der Waals surface area contributed by atoms with Gasteiger partial charge in [-0.1, -0.05) is 60.3 Å². The van der Waals surface area contributed by atoms with Gasteiger partial charge < -0.3 is 11.2 Å². The van der Waals surface area contributed by atoms with E-state index in [1.54, 1.807) is 0 Å². The maximum atomic E-state index is 12.4. The van der Waals surface area contributed by atoms with Crippen LogP contribution in [0.4, 0.5) is 11.5 Å². The molecule has 0 radical (unpaired) electrons. The van der Waals surface area contributed by atoms with Crippen molar-refractivity contribution < 1.29 is 0 Å². The summed E-state index contributed by atoms with van der Waals surface area (Å²) < 4.78 is 1.03. The van der Waals surface area contributed by atoms with Crippen molar-refractivity contribution in [2.45, 2.75) is 17.8 Å². The van der Waals surface area contributed by atoms with Crippen LogP contribution in [0, 0.1) is 6.92 Å². The second-order valence-corrected chi connectivity index (χ2v) is 6.16. The van der Waals surface area contributed by atoms with Gasteiger partial charge in [-0.25, -0.2) is 0 Å². The SMILES string of the molecule is Cc1ccccc1Nc1nnc(SCc2ccccc2)n(N)c1=O. The molecule has 0 atom stereocenters. The van der Waals surface area contributed by atoms with E-state index in [0.29, 0.717) is 10.9 Å². The molecule has 122 valence electrons. The lowest BCUT2D eigenvalue weighted by Gasteiger charge is -2.10. The van der Waals surface area contributed by atoms with Crippen molar-refractivity contribution in [1.82, 2.24) is 14.9 Å². The Labute approximate surface area is 143 Å². The fourth-order valence-corrected chi connectivity index (χ4v) is 2.93. The highest BCUT2D eigenvalue weighted by atomic mass is 32.2. The first-order valence-electron chi connectivity index (χ1n) is 7.39. The van der Waals surface area contributed by atoms with E-state index in [0.717, 1.165) is 21.5 Å². The molecule has 3 N–H and O–H groups in total. The lowest BCUT2D eigenvalue weighted by Crippen LogP contribution is -2.32. The largest absolute Gasteiger partial charge is 0.334 e. The summed E-state index contributed by atoms with van der Waals surface area (Å²) in [5.41, 5.74) is 2.51. The highest BCUT2D eigenvalue weighted by Gasteiger charge is 2.11. The summed E-state index contributed by atoms with van der Waals surface area (Å²) in [6, 6.07) is 17.5. The first kappa shape index (κ1) is 16.1. The molecule has 0 aliphatic heterocycles. The first-order chi connectivity index (χ1) is 11.6. The average Bonchev–Trinajstić information content (AvgIpc) is 2.61. The standard InChI is InChI=1S/C17H17N5OS/c1-12-7-5-6-10-14(12)19-15-16(23)22(18)17(21-20-15)24-11-13-8-3-2-4-9-13/h2-10H,11,18H2,1H3,(H,19,20). The lowest BCUT2D eigenvalue weighted by molar-refractivity contribution is 0.705. The summed E-state index contributed by atoms with van der Waals surface area (Å²) in [5, 5.41) is 11.4. The second-order valence-electron chi connectivity index (χ2n) is 5.22. The van der Waals surface area contributed by atoms with E-state index in [-0.39, 0.29) is 5.82 Å². The number of para-hydroxylation sites is 1. The van der Waals surface area contributed by atoms with Gasteiger partial charge in [-0.15, -0.1) is 10.2 Å². The number of thioether (sulfide) groups is 1. The quantitative estimate of drug-likeness (QED) is 0.549. The molecule has 24 heavy (non-hydrogen) atoms. The van der Waals surface area contributed by atoms with Crippen LogP contribution >= 0.6 is 11.8 Å². The van der Waals surface area contributed by atoms with Gasteiger partial charge in [-0.3, -0.25) is 4.79 Å². The third kappa shape index (κ3) is 3.57. The summed E-state index contributed by atoms with van der Waals surface area (Å²) in [5.74, 6) is 6.65. The molecule has 0 aliphatic rings. The maximum absolute atomic E-state index is 12.4. The van der Waals surface area contributed by atoms with Gasteiger partial charge in [0.15, 0.2) is 0 Å². The van der Waals surface area contributed by atoms with E-state index in [1.807, 2.05) is 61.5 Å². The fourth-order valence-electron chi connectivity index (χ4n) is 2.12. The molecule has 3 rings (SSSR count). The van der Waals surface area contributed by atoms with Crippen LogP contribution < -0.4 is 16.7 Å². The smallest absolute Gasteiger partial charge is 0.315 e. The lowest BCUT2D eigenvalue weighted by atomic mass is 10.2. The number of benzene rings is 2. The molecule has 6 nitrogen and oxygen atoms in total. The van der Waals surface area contributed by atoms with Crippen LogP contribution in [0.15, 0.2) is 64.5 Å². The van der Waals surface area contributed by atoms with Crippen LogP contribution in [0.2, 0.25) is 0 Å². The zero-order valence-corrected chi connectivity index (χ0v) is 14.0. The molecule has 2 aromatic carbocycles. The van der Waals surface area contributed by atoms with E-state index >= 15 is 0 Å². The molecule has 0 aliphatic carbocycles. The van der Waals surface area contributed by atoms with Gasteiger partial charge in [0.1, 0.15) is 0 Å². The molecule has 7 heteroatoms. The molecule has 1 heterocycles. The zero-order valence-electron chi connectivity index (χ0n) is 13.1. The average molecular weight is 339 g/mol. The Hall–Kier alpha value is -2.80. The number of nitrogens with zero attached hydrogens (tertiary/aromatic N) is 3. The van der Waals surface area contributed by atoms with Gasteiger partial charge >= 0.3 is 5.56 Å². The third-order valence-electron chi connectivity index (χ3n) is 3.47. The van der Waals surface area contributed by atoms with E-state index in [9.17, 15) is 4.79 Å². The molecular formula is C17H17N5OS. The van der Waals surface area contributed by atoms with Crippen LogP contribution in [0.1, 0.15) is 11.1 Å². The maximum Gasteiger partial charge on any atom is 0.315 e. The second kappa shape index (κ2) is 7.18. The van der Waals surface area contributed by atoms with Crippen molar-refractivity contribution in [2.75, 3.05) is 11.2 Å². The number of nitrogen functional groups attached to an aromatic ring is 1. The Balaban J connectivity index is 1.79. The summed E-state index contributed by atoms with van der Waals surface area (Å²) in [7, 11) is 0.